The van der Waals surface area contributed by atoms with E-state index in [4.69, 9.17) is 14.2 Å². The van der Waals surface area contributed by atoms with Crippen LogP contribution in [0, 0.1) is 13.8 Å². The highest BCUT2D eigenvalue weighted by atomic mass is 16.5. The lowest BCUT2D eigenvalue weighted by Crippen LogP contribution is -2.55. The zero-order valence-electron chi connectivity index (χ0n) is 20.7. The van der Waals surface area contributed by atoms with Crippen molar-refractivity contribution < 1.29 is 28.6 Å². The van der Waals surface area contributed by atoms with E-state index in [9.17, 15) is 14.4 Å². The average Bonchev–Trinajstić information content (AvgIpc) is 3.26. The van der Waals surface area contributed by atoms with Crippen LogP contribution in [0.15, 0.2) is 24.3 Å². The number of pyridine rings is 1. The first kappa shape index (κ1) is 24.9. The Balaban J connectivity index is 1.53. The predicted molar refractivity (Wildman–Crippen MR) is 129 cm³/mol. The van der Waals surface area contributed by atoms with Gasteiger partial charge in [0, 0.05) is 43.7 Å². The molecule has 2 aromatic rings. The number of likely N-dealkylation sites (tertiary alicyclic amines) is 1. The molecule has 4 rings (SSSR count). The summed E-state index contributed by atoms with van der Waals surface area (Å²) in [5, 5.41) is 0.846. The second-order valence-corrected chi connectivity index (χ2v) is 9.34. The summed E-state index contributed by atoms with van der Waals surface area (Å²) in [6, 6.07) is 7.68. The quantitative estimate of drug-likeness (QED) is 0.558. The number of amides is 2. The largest absolute Gasteiger partial charge is 0.483 e. The second-order valence-electron chi connectivity index (χ2n) is 9.34. The number of aryl methyl sites for hydroxylation is 2. The first-order valence-electron chi connectivity index (χ1n) is 12.1. The van der Waals surface area contributed by atoms with Gasteiger partial charge >= 0.3 is 5.97 Å². The fraction of sp³-hybridized carbons (Fsp3) is 0.538. The standard InChI is InChI=1S/C26H33N3O6/c1-18-6-4-7-21-22(14-19(2)27-25(18)21)34-16-24(32)29-9-5-8-26(29,17-35-20(3)30)15-23(31)28-10-12-33-13-11-28/h4,6-7,14H,5,8-13,15-17H2,1-3H3. The number of fused-ring (bicyclic) bond motifs is 1. The lowest BCUT2D eigenvalue weighted by atomic mass is 9.91. The molecule has 2 aliphatic rings. The van der Waals surface area contributed by atoms with Crippen molar-refractivity contribution in [2.75, 3.05) is 46.1 Å². The molecule has 2 saturated heterocycles. The average molecular weight is 484 g/mol. The molecule has 9 heteroatoms. The van der Waals surface area contributed by atoms with Gasteiger partial charge in [-0.15, -0.1) is 0 Å². The van der Waals surface area contributed by atoms with Crippen LogP contribution in [0.25, 0.3) is 10.9 Å². The van der Waals surface area contributed by atoms with Crippen LogP contribution in [0.2, 0.25) is 0 Å². The molecular weight excluding hydrogens is 450 g/mol. The van der Waals surface area contributed by atoms with Crippen molar-refractivity contribution >= 4 is 28.7 Å². The molecule has 2 amide bonds. The Kier molecular flexibility index (Phi) is 7.54. The SMILES string of the molecule is CC(=O)OCC1(CC(=O)N2CCOCC2)CCCN1C(=O)COc1cc(C)nc2c(C)cccc12. The van der Waals surface area contributed by atoms with E-state index in [1.807, 2.05) is 38.1 Å². The van der Waals surface area contributed by atoms with Gasteiger partial charge < -0.3 is 24.0 Å². The third-order valence-corrected chi connectivity index (χ3v) is 6.77. The van der Waals surface area contributed by atoms with E-state index in [0.29, 0.717) is 45.0 Å². The maximum absolute atomic E-state index is 13.4. The molecule has 0 N–H and O–H groups in total. The van der Waals surface area contributed by atoms with Crippen LogP contribution in [0.3, 0.4) is 0 Å². The van der Waals surface area contributed by atoms with Crippen molar-refractivity contribution in [1.29, 1.82) is 0 Å². The van der Waals surface area contributed by atoms with Crippen molar-refractivity contribution in [2.24, 2.45) is 0 Å². The van der Waals surface area contributed by atoms with Gasteiger partial charge in [-0.3, -0.25) is 19.4 Å². The summed E-state index contributed by atoms with van der Waals surface area (Å²) in [5.74, 6) is -0.140. The lowest BCUT2D eigenvalue weighted by molar-refractivity contribution is -0.154. The monoisotopic (exact) mass is 483 g/mol. The number of nitrogens with zero attached hydrogens (tertiary/aromatic N) is 3. The normalized spacial score (nSPS) is 20.2. The molecule has 2 fully saturated rings. The summed E-state index contributed by atoms with van der Waals surface area (Å²) < 4.78 is 16.7. The number of rotatable bonds is 7. The summed E-state index contributed by atoms with van der Waals surface area (Å²) in [5.41, 5.74) is 1.80. The first-order chi connectivity index (χ1) is 16.8. The fourth-order valence-electron chi connectivity index (χ4n) is 4.97. The van der Waals surface area contributed by atoms with Gasteiger partial charge in [-0.2, -0.15) is 0 Å². The molecule has 1 aromatic heterocycles. The molecular formula is C26H33N3O6. The van der Waals surface area contributed by atoms with Crippen LogP contribution in [0.4, 0.5) is 0 Å². The predicted octanol–water partition coefficient (Wildman–Crippen LogP) is 2.40. The van der Waals surface area contributed by atoms with Crippen molar-refractivity contribution in [2.45, 2.75) is 45.6 Å². The molecule has 1 atom stereocenters. The van der Waals surface area contributed by atoms with Gasteiger partial charge in [-0.25, -0.2) is 0 Å². The molecule has 0 radical (unpaired) electrons. The van der Waals surface area contributed by atoms with E-state index >= 15 is 0 Å². The third kappa shape index (κ3) is 5.56. The smallest absolute Gasteiger partial charge is 0.302 e. The van der Waals surface area contributed by atoms with Crippen LogP contribution in [-0.4, -0.2) is 84.2 Å². The Morgan fingerprint density at radius 3 is 2.63 bits per heavy atom. The number of aromatic nitrogens is 1. The Bertz CT molecular complexity index is 1110. The van der Waals surface area contributed by atoms with Gasteiger partial charge in [0.05, 0.1) is 30.7 Å². The first-order valence-corrected chi connectivity index (χ1v) is 12.1. The Hall–Kier alpha value is -3.20. The van der Waals surface area contributed by atoms with Crippen molar-refractivity contribution in [1.82, 2.24) is 14.8 Å². The van der Waals surface area contributed by atoms with Crippen LogP contribution in [0.1, 0.15) is 37.4 Å². The minimum atomic E-state index is -0.881. The fourth-order valence-corrected chi connectivity index (χ4v) is 4.97. The summed E-state index contributed by atoms with van der Waals surface area (Å²) in [6.07, 6.45) is 1.40. The van der Waals surface area contributed by atoms with Crippen molar-refractivity contribution in [3.63, 3.8) is 0 Å². The van der Waals surface area contributed by atoms with Gasteiger partial charge in [0.25, 0.3) is 5.91 Å². The second kappa shape index (κ2) is 10.6. The Labute approximate surface area is 205 Å². The van der Waals surface area contributed by atoms with E-state index in [-0.39, 0.29) is 31.4 Å². The molecule has 0 bridgehead atoms. The number of para-hydroxylation sites is 1. The highest BCUT2D eigenvalue weighted by Crippen LogP contribution is 2.35. The number of ether oxygens (including phenoxy) is 3. The van der Waals surface area contributed by atoms with Crippen LogP contribution < -0.4 is 4.74 Å². The van der Waals surface area contributed by atoms with E-state index in [0.717, 1.165) is 28.6 Å². The van der Waals surface area contributed by atoms with Gasteiger partial charge in [-0.1, -0.05) is 12.1 Å². The number of carbonyl (C=O) groups is 3. The van der Waals surface area contributed by atoms with Crippen LogP contribution in [0.5, 0.6) is 5.75 Å². The van der Waals surface area contributed by atoms with Gasteiger partial charge in [-0.05, 0) is 38.3 Å². The van der Waals surface area contributed by atoms with E-state index in [1.165, 1.54) is 6.92 Å². The molecule has 9 nitrogen and oxygen atoms in total. The third-order valence-electron chi connectivity index (χ3n) is 6.77. The zero-order valence-corrected chi connectivity index (χ0v) is 20.7. The molecule has 2 aliphatic heterocycles. The summed E-state index contributed by atoms with van der Waals surface area (Å²) >= 11 is 0. The van der Waals surface area contributed by atoms with Crippen molar-refractivity contribution in [3.05, 3.63) is 35.5 Å². The Morgan fingerprint density at radius 2 is 1.89 bits per heavy atom. The topological polar surface area (TPSA) is 98.3 Å². The van der Waals surface area contributed by atoms with Crippen LogP contribution in [-0.2, 0) is 23.9 Å². The highest BCUT2D eigenvalue weighted by molar-refractivity contribution is 5.88. The number of hydrogen-bond acceptors (Lipinski definition) is 7. The molecule has 1 aromatic carbocycles. The number of esters is 1. The number of hydrogen-bond donors (Lipinski definition) is 0. The number of benzene rings is 1. The number of morpholine rings is 1. The minimum Gasteiger partial charge on any atom is -0.483 e. The summed E-state index contributed by atoms with van der Waals surface area (Å²) in [7, 11) is 0. The minimum absolute atomic E-state index is 0.0133. The molecule has 0 spiro atoms. The van der Waals surface area contributed by atoms with Crippen LogP contribution >= 0.6 is 0 Å². The van der Waals surface area contributed by atoms with Crippen molar-refractivity contribution in [3.8, 4) is 5.75 Å². The summed E-state index contributed by atoms with van der Waals surface area (Å²) in [6.45, 7) is 7.54. The van der Waals surface area contributed by atoms with Gasteiger partial charge in [0.2, 0.25) is 5.91 Å². The van der Waals surface area contributed by atoms with E-state index in [1.54, 1.807) is 9.80 Å². The molecule has 1 unspecified atom stereocenters. The molecule has 0 saturated carbocycles. The maximum atomic E-state index is 13.4. The Morgan fingerprint density at radius 1 is 1.11 bits per heavy atom. The number of carbonyl (C=O) groups excluding carboxylic acids is 3. The molecule has 3 heterocycles. The highest BCUT2D eigenvalue weighted by Gasteiger charge is 2.47. The summed E-state index contributed by atoms with van der Waals surface area (Å²) in [4.78, 5) is 46.2. The van der Waals surface area contributed by atoms with Gasteiger partial charge in [0.15, 0.2) is 6.61 Å². The lowest BCUT2D eigenvalue weighted by Gasteiger charge is -2.39. The van der Waals surface area contributed by atoms with Gasteiger partial charge in [0.1, 0.15) is 12.4 Å². The zero-order chi connectivity index (χ0) is 25.0. The molecule has 188 valence electrons. The van der Waals surface area contributed by atoms with E-state index < -0.39 is 11.5 Å². The molecule has 0 aliphatic carbocycles. The molecule has 35 heavy (non-hydrogen) atoms. The maximum Gasteiger partial charge on any atom is 0.302 e. The van der Waals surface area contributed by atoms with E-state index in [2.05, 4.69) is 4.98 Å².